The standard InChI is InChI=1S/C14H20O5/c1-3-7-18-12-6-5-11(9-15)13(8-12)19-10-14(16)17-4-2/h5-6,8,15H,3-4,7,9-10H2,1-2H3. The van der Waals surface area contributed by atoms with Gasteiger partial charge in [-0.2, -0.15) is 0 Å². The van der Waals surface area contributed by atoms with Crippen LogP contribution in [0.2, 0.25) is 0 Å². The molecule has 0 unspecified atom stereocenters. The zero-order valence-corrected chi connectivity index (χ0v) is 11.3. The summed E-state index contributed by atoms with van der Waals surface area (Å²) in [6.07, 6.45) is 0.904. The van der Waals surface area contributed by atoms with Crippen molar-refractivity contribution in [2.24, 2.45) is 0 Å². The van der Waals surface area contributed by atoms with Gasteiger partial charge >= 0.3 is 5.97 Å². The van der Waals surface area contributed by atoms with E-state index < -0.39 is 5.97 Å². The molecule has 106 valence electrons. The second kappa shape index (κ2) is 8.37. The first-order valence-electron chi connectivity index (χ1n) is 6.36. The molecule has 0 aliphatic rings. The van der Waals surface area contributed by atoms with E-state index >= 15 is 0 Å². The van der Waals surface area contributed by atoms with Crippen molar-refractivity contribution in [3.8, 4) is 11.5 Å². The summed E-state index contributed by atoms with van der Waals surface area (Å²) >= 11 is 0. The molecule has 0 radical (unpaired) electrons. The van der Waals surface area contributed by atoms with Crippen molar-refractivity contribution < 1.29 is 24.1 Å². The molecule has 0 atom stereocenters. The van der Waals surface area contributed by atoms with Crippen LogP contribution >= 0.6 is 0 Å². The lowest BCUT2D eigenvalue weighted by Gasteiger charge is -2.12. The van der Waals surface area contributed by atoms with Gasteiger partial charge in [-0.05, 0) is 25.5 Å². The van der Waals surface area contributed by atoms with Crippen LogP contribution in [0, 0.1) is 0 Å². The van der Waals surface area contributed by atoms with Gasteiger partial charge in [0.1, 0.15) is 11.5 Å². The molecule has 0 heterocycles. The summed E-state index contributed by atoms with van der Waals surface area (Å²) in [5, 5.41) is 9.22. The molecular weight excluding hydrogens is 248 g/mol. The maximum atomic E-state index is 11.2. The fourth-order valence-corrected chi connectivity index (χ4v) is 1.45. The third-order valence-corrected chi connectivity index (χ3v) is 2.33. The maximum absolute atomic E-state index is 11.2. The first-order chi connectivity index (χ1) is 9.21. The SMILES string of the molecule is CCCOc1ccc(CO)c(OCC(=O)OCC)c1. The molecule has 0 aliphatic heterocycles. The van der Waals surface area contributed by atoms with Gasteiger partial charge < -0.3 is 19.3 Å². The molecule has 0 bridgehead atoms. The van der Waals surface area contributed by atoms with E-state index in [0.717, 1.165) is 6.42 Å². The predicted molar refractivity (Wildman–Crippen MR) is 70.3 cm³/mol. The number of hydrogen-bond donors (Lipinski definition) is 1. The molecule has 0 amide bonds. The lowest BCUT2D eigenvalue weighted by atomic mass is 10.2. The van der Waals surface area contributed by atoms with Gasteiger partial charge in [-0.1, -0.05) is 6.92 Å². The van der Waals surface area contributed by atoms with E-state index in [4.69, 9.17) is 14.2 Å². The molecule has 1 N–H and O–H groups in total. The Bertz CT molecular complexity index is 403. The molecule has 0 aromatic heterocycles. The summed E-state index contributed by atoms with van der Waals surface area (Å²) in [5.41, 5.74) is 0.605. The number of ether oxygens (including phenoxy) is 3. The lowest BCUT2D eigenvalue weighted by molar-refractivity contribution is -0.145. The minimum absolute atomic E-state index is 0.160. The van der Waals surface area contributed by atoms with Gasteiger partial charge in [-0.3, -0.25) is 0 Å². The summed E-state index contributed by atoms with van der Waals surface area (Å²) in [4.78, 5) is 11.2. The number of esters is 1. The molecule has 19 heavy (non-hydrogen) atoms. The Kier molecular flexibility index (Phi) is 6.74. The van der Waals surface area contributed by atoms with Crippen molar-refractivity contribution in [1.82, 2.24) is 0 Å². The van der Waals surface area contributed by atoms with E-state index in [9.17, 15) is 9.90 Å². The summed E-state index contributed by atoms with van der Waals surface area (Å²) in [6, 6.07) is 5.14. The maximum Gasteiger partial charge on any atom is 0.344 e. The number of carbonyl (C=O) groups is 1. The third-order valence-electron chi connectivity index (χ3n) is 2.33. The van der Waals surface area contributed by atoms with Crippen molar-refractivity contribution >= 4 is 5.97 Å². The van der Waals surface area contributed by atoms with Crippen LogP contribution in [0.4, 0.5) is 0 Å². The Labute approximate surface area is 113 Å². The van der Waals surface area contributed by atoms with Crippen LogP contribution in [0.25, 0.3) is 0 Å². The van der Waals surface area contributed by atoms with Crippen LogP contribution in [0.5, 0.6) is 11.5 Å². The van der Waals surface area contributed by atoms with Crippen molar-refractivity contribution in [1.29, 1.82) is 0 Å². The van der Waals surface area contributed by atoms with Crippen LogP contribution in [0.3, 0.4) is 0 Å². The Hall–Kier alpha value is -1.75. The highest BCUT2D eigenvalue weighted by molar-refractivity contribution is 5.71. The number of carbonyl (C=O) groups excluding carboxylic acids is 1. The molecule has 0 aliphatic carbocycles. The zero-order valence-electron chi connectivity index (χ0n) is 11.3. The van der Waals surface area contributed by atoms with Gasteiger partial charge in [-0.25, -0.2) is 4.79 Å². The van der Waals surface area contributed by atoms with Crippen LogP contribution < -0.4 is 9.47 Å². The molecule has 5 heteroatoms. The van der Waals surface area contributed by atoms with Crippen LogP contribution in [-0.2, 0) is 16.1 Å². The van der Waals surface area contributed by atoms with E-state index in [1.165, 1.54) is 0 Å². The number of hydrogen-bond acceptors (Lipinski definition) is 5. The molecule has 1 aromatic rings. The lowest BCUT2D eigenvalue weighted by Crippen LogP contribution is -2.15. The Morgan fingerprint density at radius 1 is 1.26 bits per heavy atom. The van der Waals surface area contributed by atoms with E-state index in [1.807, 2.05) is 6.92 Å². The molecule has 0 saturated heterocycles. The fraction of sp³-hybridized carbons (Fsp3) is 0.500. The van der Waals surface area contributed by atoms with E-state index in [2.05, 4.69) is 0 Å². The summed E-state index contributed by atoms with van der Waals surface area (Å²) < 4.78 is 15.6. The summed E-state index contributed by atoms with van der Waals surface area (Å²) in [6.45, 7) is 4.32. The average molecular weight is 268 g/mol. The highest BCUT2D eigenvalue weighted by Gasteiger charge is 2.08. The normalized spacial score (nSPS) is 10.1. The largest absolute Gasteiger partial charge is 0.493 e. The molecule has 1 rings (SSSR count). The summed E-state index contributed by atoms with van der Waals surface area (Å²) in [5.74, 6) is 0.647. The highest BCUT2D eigenvalue weighted by atomic mass is 16.6. The minimum Gasteiger partial charge on any atom is -0.493 e. The van der Waals surface area contributed by atoms with Crippen LogP contribution in [0.15, 0.2) is 18.2 Å². The van der Waals surface area contributed by atoms with Crippen LogP contribution in [0.1, 0.15) is 25.8 Å². The minimum atomic E-state index is -0.439. The van der Waals surface area contributed by atoms with Gasteiger partial charge in [0.2, 0.25) is 0 Å². The smallest absolute Gasteiger partial charge is 0.344 e. The topological polar surface area (TPSA) is 65.0 Å². The van der Waals surface area contributed by atoms with Gasteiger partial charge in [0, 0.05) is 11.6 Å². The molecule has 1 aromatic carbocycles. The Morgan fingerprint density at radius 2 is 2.05 bits per heavy atom. The van der Waals surface area contributed by atoms with Gasteiger partial charge in [0.15, 0.2) is 6.61 Å². The van der Waals surface area contributed by atoms with E-state index in [1.54, 1.807) is 25.1 Å². The molecule has 0 saturated carbocycles. The molecular formula is C14H20O5. The zero-order chi connectivity index (χ0) is 14.1. The van der Waals surface area contributed by atoms with Gasteiger partial charge in [-0.15, -0.1) is 0 Å². The molecule has 0 spiro atoms. The second-order valence-corrected chi connectivity index (χ2v) is 3.87. The summed E-state index contributed by atoms with van der Waals surface area (Å²) in [7, 11) is 0. The monoisotopic (exact) mass is 268 g/mol. The average Bonchev–Trinajstić information content (AvgIpc) is 2.43. The second-order valence-electron chi connectivity index (χ2n) is 3.87. The van der Waals surface area contributed by atoms with Crippen molar-refractivity contribution in [2.75, 3.05) is 19.8 Å². The van der Waals surface area contributed by atoms with Gasteiger partial charge in [0.05, 0.1) is 19.8 Å². The number of aliphatic hydroxyl groups is 1. The van der Waals surface area contributed by atoms with Gasteiger partial charge in [0.25, 0.3) is 0 Å². The first kappa shape index (κ1) is 15.3. The highest BCUT2D eigenvalue weighted by Crippen LogP contribution is 2.25. The van der Waals surface area contributed by atoms with Crippen LogP contribution in [-0.4, -0.2) is 30.9 Å². The molecule has 5 nitrogen and oxygen atoms in total. The molecule has 0 fully saturated rings. The number of aliphatic hydroxyl groups excluding tert-OH is 1. The quantitative estimate of drug-likeness (QED) is 0.730. The third kappa shape index (κ3) is 5.18. The van der Waals surface area contributed by atoms with E-state index in [-0.39, 0.29) is 13.2 Å². The number of benzene rings is 1. The number of rotatable bonds is 8. The van der Waals surface area contributed by atoms with Crippen molar-refractivity contribution in [3.63, 3.8) is 0 Å². The first-order valence-corrected chi connectivity index (χ1v) is 6.36. The van der Waals surface area contributed by atoms with Crippen molar-refractivity contribution in [2.45, 2.75) is 26.9 Å². The Morgan fingerprint density at radius 3 is 2.68 bits per heavy atom. The van der Waals surface area contributed by atoms with E-state index in [0.29, 0.717) is 30.3 Å². The van der Waals surface area contributed by atoms with Crippen molar-refractivity contribution in [3.05, 3.63) is 23.8 Å². The predicted octanol–water partition coefficient (Wildman–Crippen LogP) is 1.91. The Balaban J connectivity index is 2.69. The fourth-order valence-electron chi connectivity index (χ4n) is 1.45.